The average molecular weight is 283 g/mol. The van der Waals surface area contributed by atoms with Gasteiger partial charge in [0.2, 0.25) is 5.91 Å². The third kappa shape index (κ3) is 3.32. The van der Waals surface area contributed by atoms with Crippen molar-refractivity contribution in [2.45, 2.75) is 51.6 Å². The van der Waals surface area contributed by atoms with E-state index in [0.29, 0.717) is 25.3 Å². The maximum absolute atomic E-state index is 12.2. The molecule has 2 rings (SSSR count). The first-order valence-electron chi connectivity index (χ1n) is 7.71. The minimum atomic E-state index is -0.859. The summed E-state index contributed by atoms with van der Waals surface area (Å²) in [6, 6.07) is 0. The molecular weight excluding hydrogens is 258 g/mol. The van der Waals surface area contributed by atoms with Crippen LogP contribution in [0.4, 0.5) is 0 Å². The van der Waals surface area contributed by atoms with Gasteiger partial charge in [0.15, 0.2) is 0 Å². The third-order valence-electron chi connectivity index (χ3n) is 5.05. The number of aliphatic carboxylic acids is 1. The fourth-order valence-electron chi connectivity index (χ4n) is 3.66. The van der Waals surface area contributed by atoms with E-state index in [1.165, 1.54) is 0 Å². The summed E-state index contributed by atoms with van der Waals surface area (Å²) in [5.41, 5.74) is 0. The summed E-state index contributed by atoms with van der Waals surface area (Å²) in [7, 11) is 0. The molecule has 2 fully saturated rings. The number of aliphatic hydroxyl groups is 1. The predicted molar refractivity (Wildman–Crippen MR) is 74.0 cm³/mol. The van der Waals surface area contributed by atoms with E-state index in [1.807, 2.05) is 6.92 Å². The quantitative estimate of drug-likeness (QED) is 0.712. The molecular formula is C15H25NO4. The lowest BCUT2D eigenvalue weighted by Gasteiger charge is -2.19. The smallest absolute Gasteiger partial charge is 0.307 e. The first-order valence-corrected chi connectivity index (χ1v) is 7.71. The van der Waals surface area contributed by atoms with Crippen molar-refractivity contribution in [3.05, 3.63) is 0 Å². The Morgan fingerprint density at radius 2 is 1.90 bits per heavy atom. The summed E-state index contributed by atoms with van der Waals surface area (Å²) in [5, 5.41) is 21.9. The second kappa shape index (κ2) is 6.57. The second-order valence-electron chi connectivity index (χ2n) is 6.30. The highest BCUT2D eigenvalue weighted by Gasteiger charge is 2.42. The Hall–Kier alpha value is -1.10. The summed E-state index contributed by atoms with van der Waals surface area (Å²) in [5.74, 6) is -1.49. The van der Waals surface area contributed by atoms with E-state index in [9.17, 15) is 19.8 Å². The van der Waals surface area contributed by atoms with Crippen LogP contribution in [-0.2, 0) is 9.59 Å². The van der Waals surface area contributed by atoms with E-state index in [2.05, 4.69) is 5.32 Å². The van der Waals surface area contributed by atoms with Crippen LogP contribution in [0.3, 0.4) is 0 Å². The number of hydrogen-bond donors (Lipinski definition) is 3. The molecule has 5 atom stereocenters. The van der Waals surface area contributed by atoms with Gasteiger partial charge in [-0.1, -0.05) is 19.8 Å². The molecule has 3 N–H and O–H groups in total. The SMILES string of the molecule is CCC1CC(C(=O)O)C(C(=O)NCC2CCCC2O)C1. The lowest BCUT2D eigenvalue weighted by atomic mass is 9.95. The van der Waals surface area contributed by atoms with Gasteiger partial charge in [-0.05, 0) is 31.6 Å². The van der Waals surface area contributed by atoms with Crippen molar-refractivity contribution in [3.8, 4) is 0 Å². The third-order valence-corrected chi connectivity index (χ3v) is 5.05. The standard InChI is InChI=1S/C15H25NO4/c1-2-9-6-11(12(7-9)15(19)20)14(18)16-8-10-4-3-5-13(10)17/h9-13,17H,2-8H2,1H3,(H,16,18)(H,19,20). The number of nitrogens with one attached hydrogen (secondary N) is 1. The number of amides is 1. The molecule has 5 nitrogen and oxygen atoms in total. The number of carboxylic acid groups (broad SMARTS) is 1. The molecule has 0 heterocycles. The number of rotatable bonds is 5. The van der Waals surface area contributed by atoms with Crippen LogP contribution in [0.15, 0.2) is 0 Å². The van der Waals surface area contributed by atoms with E-state index in [1.54, 1.807) is 0 Å². The Morgan fingerprint density at radius 3 is 2.45 bits per heavy atom. The maximum Gasteiger partial charge on any atom is 0.307 e. The number of carboxylic acids is 1. The van der Waals surface area contributed by atoms with Crippen molar-refractivity contribution in [2.24, 2.45) is 23.7 Å². The van der Waals surface area contributed by atoms with Crippen LogP contribution in [0.25, 0.3) is 0 Å². The van der Waals surface area contributed by atoms with Crippen LogP contribution >= 0.6 is 0 Å². The highest BCUT2D eigenvalue weighted by molar-refractivity contribution is 5.85. The monoisotopic (exact) mass is 283 g/mol. The lowest BCUT2D eigenvalue weighted by Crippen LogP contribution is -2.39. The molecule has 1 amide bonds. The molecule has 0 aromatic carbocycles. The first kappa shape index (κ1) is 15.3. The predicted octanol–water partition coefficient (Wildman–Crippen LogP) is 1.40. The Kier molecular flexibility index (Phi) is 5.02. The minimum absolute atomic E-state index is 0.130. The highest BCUT2D eigenvalue weighted by Crippen LogP contribution is 2.38. The van der Waals surface area contributed by atoms with Gasteiger partial charge in [-0.3, -0.25) is 9.59 Å². The van der Waals surface area contributed by atoms with Crippen molar-refractivity contribution in [2.75, 3.05) is 6.54 Å². The Bertz CT molecular complexity index is 371. The fraction of sp³-hybridized carbons (Fsp3) is 0.867. The van der Waals surface area contributed by atoms with Crippen molar-refractivity contribution >= 4 is 11.9 Å². The first-order chi connectivity index (χ1) is 9.52. The van der Waals surface area contributed by atoms with Crippen molar-refractivity contribution in [1.29, 1.82) is 0 Å². The van der Waals surface area contributed by atoms with Gasteiger partial charge in [0.05, 0.1) is 17.9 Å². The number of carbonyl (C=O) groups excluding carboxylic acids is 1. The van der Waals surface area contributed by atoms with E-state index in [0.717, 1.165) is 25.7 Å². The Labute approximate surface area is 119 Å². The molecule has 2 aliphatic carbocycles. The zero-order valence-electron chi connectivity index (χ0n) is 12.0. The number of carbonyl (C=O) groups is 2. The lowest BCUT2D eigenvalue weighted by molar-refractivity contribution is -0.146. The fourth-order valence-corrected chi connectivity index (χ4v) is 3.66. The Balaban J connectivity index is 1.88. The van der Waals surface area contributed by atoms with Gasteiger partial charge in [0, 0.05) is 12.5 Å². The van der Waals surface area contributed by atoms with Gasteiger partial charge in [-0.2, -0.15) is 0 Å². The summed E-state index contributed by atoms with van der Waals surface area (Å²) in [6.07, 6.45) is 4.63. The summed E-state index contributed by atoms with van der Waals surface area (Å²) in [6.45, 7) is 2.51. The molecule has 5 unspecified atom stereocenters. The average Bonchev–Trinajstić information content (AvgIpc) is 3.02. The summed E-state index contributed by atoms with van der Waals surface area (Å²) < 4.78 is 0. The zero-order valence-corrected chi connectivity index (χ0v) is 12.0. The van der Waals surface area contributed by atoms with Crippen molar-refractivity contribution < 1.29 is 19.8 Å². The van der Waals surface area contributed by atoms with Crippen LogP contribution in [0.2, 0.25) is 0 Å². The molecule has 20 heavy (non-hydrogen) atoms. The van der Waals surface area contributed by atoms with Crippen LogP contribution in [0, 0.1) is 23.7 Å². The molecule has 2 aliphatic rings. The van der Waals surface area contributed by atoms with Crippen molar-refractivity contribution in [3.63, 3.8) is 0 Å². The van der Waals surface area contributed by atoms with Crippen LogP contribution in [0.5, 0.6) is 0 Å². The van der Waals surface area contributed by atoms with Gasteiger partial charge >= 0.3 is 5.97 Å². The summed E-state index contributed by atoms with van der Waals surface area (Å²) in [4.78, 5) is 23.5. The number of hydrogen-bond acceptors (Lipinski definition) is 3. The molecule has 0 aromatic rings. The second-order valence-corrected chi connectivity index (χ2v) is 6.30. The van der Waals surface area contributed by atoms with Crippen LogP contribution < -0.4 is 5.32 Å². The largest absolute Gasteiger partial charge is 0.481 e. The minimum Gasteiger partial charge on any atom is -0.481 e. The molecule has 2 saturated carbocycles. The highest BCUT2D eigenvalue weighted by atomic mass is 16.4. The molecule has 0 radical (unpaired) electrons. The van der Waals surface area contributed by atoms with Gasteiger partial charge in [-0.15, -0.1) is 0 Å². The van der Waals surface area contributed by atoms with E-state index in [-0.39, 0.29) is 17.9 Å². The molecule has 0 spiro atoms. The molecule has 0 saturated heterocycles. The van der Waals surface area contributed by atoms with E-state index >= 15 is 0 Å². The molecule has 0 aliphatic heterocycles. The van der Waals surface area contributed by atoms with E-state index in [4.69, 9.17) is 0 Å². The van der Waals surface area contributed by atoms with Gasteiger partial charge in [0.1, 0.15) is 0 Å². The normalized spacial score (nSPS) is 37.0. The topological polar surface area (TPSA) is 86.6 Å². The summed E-state index contributed by atoms with van der Waals surface area (Å²) >= 11 is 0. The molecule has 114 valence electrons. The van der Waals surface area contributed by atoms with Crippen molar-refractivity contribution in [1.82, 2.24) is 5.32 Å². The van der Waals surface area contributed by atoms with Crippen LogP contribution in [0.1, 0.15) is 45.4 Å². The van der Waals surface area contributed by atoms with E-state index < -0.39 is 17.8 Å². The van der Waals surface area contributed by atoms with Gasteiger partial charge in [-0.25, -0.2) is 0 Å². The zero-order chi connectivity index (χ0) is 14.7. The number of aliphatic hydroxyl groups excluding tert-OH is 1. The van der Waals surface area contributed by atoms with Gasteiger partial charge in [0.25, 0.3) is 0 Å². The maximum atomic E-state index is 12.2. The van der Waals surface area contributed by atoms with Gasteiger partial charge < -0.3 is 15.5 Å². The Morgan fingerprint density at radius 1 is 1.20 bits per heavy atom. The molecule has 0 bridgehead atoms. The van der Waals surface area contributed by atoms with Crippen LogP contribution in [-0.4, -0.2) is 34.7 Å². The molecule has 0 aromatic heterocycles. The molecule has 5 heteroatoms.